The Morgan fingerprint density at radius 1 is 0.893 bits per heavy atom. The Balaban J connectivity index is 1.69. The predicted molar refractivity (Wildman–Crippen MR) is 114 cm³/mol. The van der Waals surface area contributed by atoms with Crippen LogP contribution in [0.1, 0.15) is 17.2 Å². The van der Waals surface area contributed by atoms with Crippen molar-refractivity contribution in [1.29, 1.82) is 0 Å². The molecule has 1 aromatic heterocycles. The molecule has 4 rings (SSSR count). The van der Waals surface area contributed by atoms with Gasteiger partial charge in [0.25, 0.3) is 5.56 Å². The van der Waals surface area contributed by atoms with Crippen molar-refractivity contribution < 1.29 is 5.11 Å². The van der Waals surface area contributed by atoms with E-state index in [-0.39, 0.29) is 5.56 Å². The molecule has 0 fully saturated rings. The Labute approximate surface area is 167 Å². The van der Waals surface area contributed by atoms with E-state index in [2.05, 4.69) is 0 Å². The number of aliphatic hydroxyl groups excluding tert-OH is 1. The number of fused-ring (bicyclic) bond motifs is 1. The van der Waals surface area contributed by atoms with Gasteiger partial charge in [0, 0.05) is 5.75 Å². The van der Waals surface area contributed by atoms with Gasteiger partial charge in [0.05, 0.1) is 23.6 Å². The van der Waals surface area contributed by atoms with Crippen molar-refractivity contribution in [2.45, 2.75) is 17.8 Å². The van der Waals surface area contributed by atoms with E-state index in [1.807, 2.05) is 78.9 Å². The third-order valence-electron chi connectivity index (χ3n) is 4.56. The number of aromatic nitrogens is 2. The molecule has 0 bridgehead atoms. The molecular weight excluding hydrogens is 368 g/mol. The smallest absolute Gasteiger partial charge is 0.262 e. The second-order valence-electron chi connectivity index (χ2n) is 6.53. The van der Waals surface area contributed by atoms with Crippen molar-refractivity contribution in [3.05, 3.63) is 106 Å². The van der Waals surface area contributed by atoms with Gasteiger partial charge in [0.1, 0.15) is 0 Å². The average Bonchev–Trinajstić information content (AvgIpc) is 2.75. The quantitative estimate of drug-likeness (QED) is 0.396. The lowest BCUT2D eigenvalue weighted by molar-refractivity contribution is 0.204. The maximum absolute atomic E-state index is 13.1. The second kappa shape index (κ2) is 8.42. The molecule has 0 saturated carbocycles. The Bertz CT molecular complexity index is 1130. The maximum Gasteiger partial charge on any atom is 0.262 e. The highest BCUT2D eigenvalue weighted by atomic mass is 32.2. The van der Waals surface area contributed by atoms with Crippen molar-refractivity contribution in [3.8, 4) is 0 Å². The van der Waals surface area contributed by atoms with Crippen molar-refractivity contribution in [2.75, 3.05) is 5.75 Å². The van der Waals surface area contributed by atoms with E-state index in [4.69, 9.17) is 4.98 Å². The molecule has 3 aromatic carbocycles. The van der Waals surface area contributed by atoms with Crippen LogP contribution in [-0.2, 0) is 6.54 Å². The number of thioether (sulfide) groups is 1. The van der Waals surface area contributed by atoms with Gasteiger partial charge in [-0.1, -0.05) is 84.6 Å². The fourth-order valence-corrected chi connectivity index (χ4v) is 4.05. The van der Waals surface area contributed by atoms with E-state index in [1.165, 1.54) is 11.8 Å². The lowest BCUT2D eigenvalue weighted by Crippen LogP contribution is -2.24. The number of benzene rings is 3. The summed E-state index contributed by atoms with van der Waals surface area (Å²) in [5.41, 5.74) is 2.50. The van der Waals surface area contributed by atoms with E-state index in [1.54, 1.807) is 10.6 Å². The number of para-hydroxylation sites is 1. The van der Waals surface area contributed by atoms with Crippen LogP contribution >= 0.6 is 11.8 Å². The van der Waals surface area contributed by atoms with Crippen LogP contribution in [0.4, 0.5) is 0 Å². The molecule has 0 aliphatic carbocycles. The molecule has 0 saturated heterocycles. The third-order valence-corrected chi connectivity index (χ3v) is 5.62. The average molecular weight is 388 g/mol. The van der Waals surface area contributed by atoms with E-state index in [9.17, 15) is 9.90 Å². The van der Waals surface area contributed by atoms with Crippen molar-refractivity contribution >= 4 is 22.7 Å². The van der Waals surface area contributed by atoms with Crippen LogP contribution in [0.2, 0.25) is 0 Å². The van der Waals surface area contributed by atoms with E-state index in [0.29, 0.717) is 28.4 Å². The molecule has 0 amide bonds. The Morgan fingerprint density at radius 2 is 1.54 bits per heavy atom. The first-order chi connectivity index (χ1) is 13.7. The van der Waals surface area contributed by atoms with Gasteiger partial charge in [-0.2, -0.15) is 0 Å². The van der Waals surface area contributed by atoms with Gasteiger partial charge in [0.15, 0.2) is 5.16 Å². The fourth-order valence-electron chi connectivity index (χ4n) is 3.09. The molecule has 4 nitrogen and oxygen atoms in total. The first-order valence-corrected chi connectivity index (χ1v) is 10.1. The standard InChI is InChI=1S/C23H20N2O2S/c26-21(18-11-5-2-6-12-18)16-28-23-24-20-14-8-7-13-19(20)22(27)25(23)15-17-9-3-1-4-10-17/h1-14,21,26H,15-16H2. The predicted octanol–water partition coefficient (Wildman–Crippen LogP) is 4.27. The van der Waals surface area contributed by atoms with E-state index in [0.717, 1.165) is 11.1 Å². The first kappa shape index (κ1) is 18.5. The van der Waals surface area contributed by atoms with Crippen molar-refractivity contribution in [3.63, 3.8) is 0 Å². The third kappa shape index (κ3) is 4.01. The molecule has 1 atom stereocenters. The Morgan fingerprint density at radius 3 is 2.29 bits per heavy atom. The molecule has 1 heterocycles. The summed E-state index contributed by atoms with van der Waals surface area (Å²) < 4.78 is 1.69. The summed E-state index contributed by atoms with van der Waals surface area (Å²) >= 11 is 1.40. The fraction of sp³-hybridized carbons (Fsp3) is 0.130. The number of rotatable bonds is 6. The summed E-state index contributed by atoms with van der Waals surface area (Å²) in [6.45, 7) is 0.446. The van der Waals surface area contributed by atoms with E-state index < -0.39 is 6.10 Å². The van der Waals surface area contributed by atoms with Crippen LogP contribution < -0.4 is 5.56 Å². The molecule has 1 unspecified atom stereocenters. The van der Waals surface area contributed by atoms with Gasteiger partial charge in [-0.15, -0.1) is 0 Å². The van der Waals surface area contributed by atoms with Gasteiger partial charge < -0.3 is 5.11 Å². The molecule has 140 valence electrons. The lowest BCUT2D eigenvalue weighted by atomic mass is 10.1. The number of aliphatic hydroxyl groups is 1. The van der Waals surface area contributed by atoms with Crippen LogP contribution in [0.5, 0.6) is 0 Å². The van der Waals surface area contributed by atoms with Crippen LogP contribution in [-0.4, -0.2) is 20.4 Å². The van der Waals surface area contributed by atoms with Gasteiger partial charge in [-0.3, -0.25) is 9.36 Å². The summed E-state index contributed by atoms with van der Waals surface area (Å²) in [6, 6.07) is 26.8. The van der Waals surface area contributed by atoms with Crippen LogP contribution in [0, 0.1) is 0 Å². The zero-order valence-corrected chi connectivity index (χ0v) is 16.0. The molecule has 0 aliphatic heterocycles. The molecular formula is C23H20N2O2S. The van der Waals surface area contributed by atoms with Gasteiger partial charge >= 0.3 is 0 Å². The highest BCUT2D eigenvalue weighted by molar-refractivity contribution is 7.99. The molecule has 0 radical (unpaired) electrons. The minimum Gasteiger partial charge on any atom is -0.388 e. The van der Waals surface area contributed by atoms with Crippen LogP contribution in [0.25, 0.3) is 10.9 Å². The molecule has 5 heteroatoms. The van der Waals surface area contributed by atoms with E-state index >= 15 is 0 Å². The molecule has 0 spiro atoms. The number of hydrogen-bond acceptors (Lipinski definition) is 4. The highest BCUT2D eigenvalue weighted by Crippen LogP contribution is 2.24. The van der Waals surface area contributed by atoms with Crippen molar-refractivity contribution in [1.82, 2.24) is 9.55 Å². The summed E-state index contributed by atoms with van der Waals surface area (Å²) in [6.07, 6.45) is -0.625. The Kier molecular flexibility index (Phi) is 5.55. The largest absolute Gasteiger partial charge is 0.388 e. The summed E-state index contributed by atoms with van der Waals surface area (Å²) in [4.78, 5) is 17.8. The first-order valence-electron chi connectivity index (χ1n) is 9.11. The monoisotopic (exact) mass is 388 g/mol. The minimum atomic E-state index is -0.625. The second-order valence-corrected chi connectivity index (χ2v) is 7.51. The summed E-state index contributed by atoms with van der Waals surface area (Å²) in [5.74, 6) is 0.420. The normalized spacial score (nSPS) is 12.2. The SMILES string of the molecule is O=c1c2ccccc2nc(SCC(O)c2ccccc2)n1Cc1ccccc1. The van der Waals surface area contributed by atoms with Gasteiger partial charge in [-0.05, 0) is 23.3 Å². The summed E-state index contributed by atoms with van der Waals surface area (Å²) in [5, 5.41) is 11.7. The Hall–Kier alpha value is -2.89. The highest BCUT2D eigenvalue weighted by Gasteiger charge is 2.15. The van der Waals surface area contributed by atoms with Crippen LogP contribution in [0.15, 0.2) is 94.9 Å². The zero-order chi connectivity index (χ0) is 19.3. The minimum absolute atomic E-state index is 0.0637. The number of hydrogen-bond donors (Lipinski definition) is 1. The van der Waals surface area contributed by atoms with Gasteiger partial charge in [-0.25, -0.2) is 4.98 Å². The molecule has 0 aliphatic rings. The lowest BCUT2D eigenvalue weighted by Gasteiger charge is -2.15. The van der Waals surface area contributed by atoms with Crippen LogP contribution in [0.3, 0.4) is 0 Å². The topological polar surface area (TPSA) is 55.1 Å². The maximum atomic E-state index is 13.1. The molecule has 28 heavy (non-hydrogen) atoms. The van der Waals surface area contributed by atoms with Gasteiger partial charge in [0.2, 0.25) is 0 Å². The summed E-state index contributed by atoms with van der Waals surface area (Å²) in [7, 11) is 0. The zero-order valence-electron chi connectivity index (χ0n) is 15.2. The molecule has 1 N–H and O–H groups in total. The molecule has 4 aromatic rings. The number of nitrogens with zero attached hydrogens (tertiary/aromatic N) is 2. The van der Waals surface area contributed by atoms with Crippen molar-refractivity contribution in [2.24, 2.45) is 0 Å².